The first-order valence-corrected chi connectivity index (χ1v) is 11.8. The number of nitrogens with zero attached hydrogens (tertiary/aromatic N) is 4. The summed E-state index contributed by atoms with van der Waals surface area (Å²) >= 11 is 1.66. The van der Waals surface area contributed by atoms with Gasteiger partial charge in [0.2, 0.25) is 5.13 Å². The van der Waals surface area contributed by atoms with Gasteiger partial charge in [-0.3, -0.25) is 0 Å². The first kappa shape index (κ1) is 18.8. The van der Waals surface area contributed by atoms with Gasteiger partial charge in [0.25, 0.3) is 0 Å². The van der Waals surface area contributed by atoms with Crippen molar-refractivity contribution in [3.63, 3.8) is 0 Å². The largest absolute Gasteiger partial charge is 0.218 e. The van der Waals surface area contributed by atoms with Crippen molar-refractivity contribution in [3.05, 3.63) is 77.1 Å². The maximum absolute atomic E-state index is 10.2. The molecule has 2 aromatic heterocycles. The van der Waals surface area contributed by atoms with Gasteiger partial charge in [0.05, 0.1) is 33.6 Å². The predicted molar refractivity (Wildman–Crippen MR) is 124 cm³/mol. The molecule has 0 N–H and O–H groups in total. The van der Waals surface area contributed by atoms with Crippen LogP contribution in [0.5, 0.6) is 0 Å². The van der Waals surface area contributed by atoms with Gasteiger partial charge in [-0.1, -0.05) is 67.6 Å². The minimum Gasteiger partial charge on any atom is -0.218 e. The molecule has 6 rings (SSSR count). The van der Waals surface area contributed by atoms with Crippen LogP contribution < -0.4 is 0 Å². The quantitative estimate of drug-likeness (QED) is 0.386. The number of fused-ring (bicyclic) bond motifs is 2. The van der Waals surface area contributed by atoms with E-state index in [4.69, 9.17) is 10.1 Å². The van der Waals surface area contributed by atoms with Crippen molar-refractivity contribution in [1.82, 2.24) is 14.8 Å². The van der Waals surface area contributed by atoms with Crippen molar-refractivity contribution < 1.29 is 0 Å². The molecular weight excluding hydrogens is 400 g/mol. The van der Waals surface area contributed by atoms with Crippen molar-refractivity contribution >= 4 is 21.6 Å². The molecule has 1 unspecified atom stereocenters. The highest BCUT2D eigenvalue weighted by atomic mass is 32.1. The lowest BCUT2D eigenvalue weighted by atomic mass is 9.68. The van der Waals surface area contributed by atoms with Crippen LogP contribution in [0.4, 0.5) is 0 Å². The number of thiazole rings is 1. The maximum atomic E-state index is 10.2. The van der Waals surface area contributed by atoms with E-state index in [9.17, 15) is 5.26 Å². The molecule has 2 aliphatic carbocycles. The molecule has 1 fully saturated rings. The topological polar surface area (TPSA) is 54.5 Å². The van der Waals surface area contributed by atoms with Crippen molar-refractivity contribution in [2.24, 2.45) is 5.41 Å². The van der Waals surface area contributed by atoms with Gasteiger partial charge in [0.15, 0.2) is 0 Å². The van der Waals surface area contributed by atoms with Crippen LogP contribution in [0.25, 0.3) is 15.3 Å². The fraction of sp³-hybridized carbons (Fsp3) is 0.346. The van der Waals surface area contributed by atoms with Crippen LogP contribution in [-0.4, -0.2) is 14.8 Å². The molecule has 0 aliphatic heterocycles. The molecule has 31 heavy (non-hydrogen) atoms. The summed E-state index contributed by atoms with van der Waals surface area (Å²) in [7, 11) is 0. The summed E-state index contributed by atoms with van der Waals surface area (Å²) < 4.78 is 3.17. The van der Waals surface area contributed by atoms with Gasteiger partial charge in [-0.15, -0.1) is 0 Å². The Labute approximate surface area is 186 Å². The summed E-state index contributed by atoms with van der Waals surface area (Å²) in [5, 5.41) is 16.2. The van der Waals surface area contributed by atoms with E-state index >= 15 is 0 Å². The lowest BCUT2D eigenvalue weighted by Gasteiger charge is -2.34. The van der Waals surface area contributed by atoms with E-state index in [0.717, 1.165) is 40.3 Å². The maximum Gasteiger partial charge on any atom is 0.211 e. The normalized spacial score (nSPS) is 24.0. The molecule has 3 atom stereocenters. The second kappa shape index (κ2) is 6.77. The van der Waals surface area contributed by atoms with Gasteiger partial charge in [0, 0.05) is 5.92 Å². The van der Waals surface area contributed by atoms with Crippen LogP contribution in [0, 0.1) is 16.7 Å². The Bertz CT molecular complexity index is 1290. The number of nitriles is 1. The standard InChI is InChI=1S/C26H24N4S/c1-26(2)13-12-17-23(19-14-18(19)16-8-4-3-5-9-16)29-30(24(17)20(26)15-27)25-28-21-10-6-7-11-22(21)31-25/h3-11,18-20H,12-14H2,1-2H3/t18-,19+,20?/m0/s1. The van der Waals surface area contributed by atoms with E-state index < -0.39 is 0 Å². The van der Waals surface area contributed by atoms with E-state index in [-0.39, 0.29) is 11.3 Å². The minimum absolute atomic E-state index is 0.0735. The number of aromatic nitrogens is 3. The third-order valence-corrected chi connectivity index (χ3v) is 8.10. The van der Waals surface area contributed by atoms with Gasteiger partial charge in [-0.25, -0.2) is 9.67 Å². The lowest BCUT2D eigenvalue weighted by molar-refractivity contribution is 0.278. The number of hydrogen-bond acceptors (Lipinski definition) is 4. The van der Waals surface area contributed by atoms with E-state index in [0.29, 0.717) is 11.8 Å². The zero-order valence-electron chi connectivity index (χ0n) is 17.7. The molecule has 0 radical (unpaired) electrons. The molecule has 1 saturated carbocycles. The first-order valence-electron chi connectivity index (χ1n) is 11.0. The molecule has 2 heterocycles. The Morgan fingerprint density at radius 3 is 2.61 bits per heavy atom. The highest BCUT2D eigenvalue weighted by Crippen LogP contribution is 2.57. The molecule has 5 heteroatoms. The number of para-hydroxylation sites is 1. The lowest BCUT2D eigenvalue weighted by Crippen LogP contribution is -2.29. The third-order valence-electron chi connectivity index (χ3n) is 7.09. The average Bonchev–Trinajstić information content (AvgIpc) is 3.30. The molecule has 0 spiro atoms. The SMILES string of the molecule is CC1(C)CCc2c([C@@H]3C[C@H]3c3ccccc3)nn(-c3nc4ccccc4s3)c2C1C#N. The summed E-state index contributed by atoms with van der Waals surface area (Å²) in [6.45, 7) is 4.42. The van der Waals surface area contributed by atoms with Crippen LogP contribution in [-0.2, 0) is 6.42 Å². The van der Waals surface area contributed by atoms with Gasteiger partial charge >= 0.3 is 0 Å². The van der Waals surface area contributed by atoms with Crippen LogP contribution in [0.2, 0.25) is 0 Å². The van der Waals surface area contributed by atoms with Crippen LogP contribution in [0.3, 0.4) is 0 Å². The molecular formula is C26H24N4S. The molecule has 4 aromatic rings. The molecule has 154 valence electrons. The minimum atomic E-state index is -0.182. The number of hydrogen-bond donors (Lipinski definition) is 0. The van der Waals surface area contributed by atoms with Crippen LogP contribution in [0.15, 0.2) is 54.6 Å². The zero-order chi connectivity index (χ0) is 21.2. The van der Waals surface area contributed by atoms with Gasteiger partial charge in [0.1, 0.15) is 0 Å². The molecule has 2 aromatic carbocycles. The fourth-order valence-corrected chi connectivity index (χ4v) is 6.12. The van der Waals surface area contributed by atoms with Gasteiger partial charge < -0.3 is 0 Å². The number of benzene rings is 2. The average molecular weight is 425 g/mol. The summed E-state index contributed by atoms with van der Waals surface area (Å²) in [4.78, 5) is 4.89. The van der Waals surface area contributed by atoms with E-state index in [1.54, 1.807) is 11.3 Å². The van der Waals surface area contributed by atoms with Crippen molar-refractivity contribution in [3.8, 4) is 11.2 Å². The zero-order valence-corrected chi connectivity index (χ0v) is 18.6. The Morgan fingerprint density at radius 1 is 1.06 bits per heavy atom. The van der Waals surface area contributed by atoms with E-state index in [1.165, 1.54) is 16.8 Å². The Hall–Kier alpha value is -2.97. The van der Waals surface area contributed by atoms with Crippen LogP contribution in [0.1, 0.15) is 67.0 Å². The molecule has 2 aliphatic rings. The highest BCUT2D eigenvalue weighted by molar-refractivity contribution is 7.20. The summed E-state index contributed by atoms with van der Waals surface area (Å²) in [5.41, 5.74) is 5.88. The Balaban J connectivity index is 1.51. The van der Waals surface area contributed by atoms with E-state index in [2.05, 4.69) is 56.3 Å². The first-order chi connectivity index (χ1) is 15.1. The molecule has 0 amide bonds. The Morgan fingerprint density at radius 2 is 1.84 bits per heavy atom. The van der Waals surface area contributed by atoms with Gasteiger partial charge in [-0.05, 0) is 53.9 Å². The van der Waals surface area contributed by atoms with Gasteiger partial charge in [-0.2, -0.15) is 10.4 Å². The Kier molecular flexibility index (Phi) is 4.10. The summed E-state index contributed by atoms with van der Waals surface area (Å²) in [5.74, 6) is 0.783. The van der Waals surface area contributed by atoms with Crippen molar-refractivity contribution in [1.29, 1.82) is 5.26 Å². The number of rotatable bonds is 3. The third kappa shape index (κ3) is 2.93. The second-order valence-electron chi connectivity index (χ2n) is 9.54. The van der Waals surface area contributed by atoms with Crippen LogP contribution >= 0.6 is 11.3 Å². The summed E-state index contributed by atoms with van der Waals surface area (Å²) in [6.07, 6.45) is 3.13. The monoisotopic (exact) mass is 424 g/mol. The smallest absolute Gasteiger partial charge is 0.211 e. The van der Waals surface area contributed by atoms with E-state index in [1.807, 2.05) is 22.9 Å². The molecule has 0 saturated heterocycles. The predicted octanol–water partition coefficient (Wildman–Crippen LogP) is 6.33. The van der Waals surface area contributed by atoms with Crippen molar-refractivity contribution in [2.75, 3.05) is 0 Å². The summed E-state index contributed by atoms with van der Waals surface area (Å²) in [6, 6.07) is 21.6. The molecule has 0 bridgehead atoms. The second-order valence-corrected chi connectivity index (χ2v) is 10.5. The molecule has 4 nitrogen and oxygen atoms in total. The van der Waals surface area contributed by atoms with Crippen molar-refractivity contribution in [2.45, 2.75) is 50.9 Å². The highest BCUT2D eigenvalue weighted by Gasteiger charge is 2.47. The fourth-order valence-electron chi connectivity index (χ4n) is 5.19.